The van der Waals surface area contributed by atoms with Gasteiger partial charge in [-0.1, -0.05) is 0 Å². The third-order valence-electron chi connectivity index (χ3n) is 2.48. The molecule has 1 rings (SSSR count). The molecule has 0 spiro atoms. The highest BCUT2D eigenvalue weighted by Crippen LogP contribution is 2.15. The van der Waals surface area contributed by atoms with Gasteiger partial charge in [0.05, 0.1) is 0 Å². The predicted molar refractivity (Wildman–Crippen MR) is 70.3 cm³/mol. The number of unbranched alkanes of at least 4 members (excludes halogenated alkanes) is 1. The summed E-state index contributed by atoms with van der Waals surface area (Å²) in [6, 6.07) is 7.70. The van der Waals surface area contributed by atoms with Crippen LogP contribution in [-0.4, -0.2) is 31.7 Å². The van der Waals surface area contributed by atoms with E-state index in [1.54, 1.807) is 0 Å². The zero-order valence-corrected chi connectivity index (χ0v) is 10.4. The predicted octanol–water partition coefficient (Wildman–Crippen LogP) is 1.85. The zero-order chi connectivity index (χ0) is 12.7. The Morgan fingerprint density at radius 3 is 2.41 bits per heavy atom. The van der Waals surface area contributed by atoms with Crippen molar-refractivity contribution in [2.24, 2.45) is 0 Å². The van der Waals surface area contributed by atoms with E-state index < -0.39 is 0 Å². The van der Waals surface area contributed by atoms with Gasteiger partial charge in [0.1, 0.15) is 0 Å². The van der Waals surface area contributed by atoms with Crippen molar-refractivity contribution in [3.05, 3.63) is 24.3 Å². The molecule has 4 nitrogen and oxygen atoms in total. The van der Waals surface area contributed by atoms with Crippen LogP contribution in [0.2, 0.25) is 0 Å². The van der Waals surface area contributed by atoms with Gasteiger partial charge in [-0.15, -0.1) is 0 Å². The lowest BCUT2D eigenvalue weighted by Crippen LogP contribution is -2.12. The second-order valence-electron chi connectivity index (χ2n) is 4.17. The molecule has 0 heterocycles. The van der Waals surface area contributed by atoms with Crippen molar-refractivity contribution in [1.29, 1.82) is 0 Å². The average Bonchev–Trinajstić information content (AvgIpc) is 2.30. The summed E-state index contributed by atoms with van der Waals surface area (Å²) in [5, 5.41) is 11.4. The molecule has 1 aromatic carbocycles. The molecule has 0 aliphatic heterocycles. The van der Waals surface area contributed by atoms with E-state index in [1.165, 1.54) is 0 Å². The summed E-state index contributed by atoms with van der Waals surface area (Å²) >= 11 is 0. The van der Waals surface area contributed by atoms with Crippen molar-refractivity contribution < 1.29 is 9.90 Å². The third kappa shape index (κ3) is 4.87. The second-order valence-corrected chi connectivity index (χ2v) is 4.17. The van der Waals surface area contributed by atoms with E-state index in [4.69, 9.17) is 5.11 Å². The molecule has 0 bridgehead atoms. The first-order valence-corrected chi connectivity index (χ1v) is 5.81. The molecule has 0 saturated carbocycles. The van der Waals surface area contributed by atoms with Crippen molar-refractivity contribution >= 4 is 17.3 Å². The highest BCUT2D eigenvalue weighted by atomic mass is 16.2. The number of nitrogens with zero attached hydrogens (tertiary/aromatic N) is 1. The standard InChI is InChI=1S/C13H20N2O2/c1-15(2)12-8-6-11(7-9-12)14-13(17)5-3-4-10-16/h6-9,16H,3-5,10H2,1-2H3,(H,14,17). The molecule has 17 heavy (non-hydrogen) atoms. The molecule has 2 N–H and O–H groups in total. The van der Waals surface area contributed by atoms with Crippen LogP contribution >= 0.6 is 0 Å². The van der Waals surface area contributed by atoms with Crippen molar-refractivity contribution in [3.8, 4) is 0 Å². The quantitative estimate of drug-likeness (QED) is 0.741. The van der Waals surface area contributed by atoms with Crippen LogP contribution in [0, 0.1) is 0 Å². The SMILES string of the molecule is CN(C)c1ccc(NC(=O)CCCCO)cc1. The Hall–Kier alpha value is -1.55. The molecular formula is C13H20N2O2. The van der Waals surface area contributed by atoms with Crippen LogP contribution < -0.4 is 10.2 Å². The molecule has 4 heteroatoms. The van der Waals surface area contributed by atoms with E-state index in [2.05, 4.69) is 5.32 Å². The maximum atomic E-state index is 11.5. The number of aliphatic hydroxyl groups excluding tert-OH is 1. The first-order chi connectivity index (χ1) is 8.13. The normalized spacial score (nSPS) is 10.1. The van der Waals surface area contributed by atoms with Crippen molar-refractivity contribution in [2.75, 3.05) is 30.9 Å². The number of amides is 1. The minimum atomic E-state index is -0.00365. The minimum Gasteiger partial charge on any atom is -0.396 e. The highest BCUT2D eigenvalue weighted by Gasteiger charge is 2.02. The summed E-state index contributed by atoms with van der Waals surface area (Å²) in [5.41, 5.74) is 1.91. The summed E-state index contributed by atoms with van der Waals surface area (Å²) in [5.74, 6) is -0.00365. The van der Waals surface area contributed by atoms with Crippen molar-refractivity contribution in [1.82, 2.24) is 0 Å². The molecular weight excluding hydrogens is 216 g/mol. The topological polar surface area (TPSA) is 52.6 Å². The summed E-state index contributed by atoms with van der Waals surface area (Å²) < 4.78 is 0. The number of hydrogen-bond acceptors (Lipinski definition) is 3. The lowest BCUT2D eigenvalue weighted by Gasteiger charge is -2.13. The molecule has 0 aliphatic rings. The maximum Gasteiger partial charge on any atom is 0.224 e. The number of nitrogens with one attached hydrogen (secondary N) is 1. The monoisotopic (exact) mass is 236 g/mol. The minimum absolute atomic E-state index is 0.00365. The number of rotatable bonds is 6. The van der Waals surface area contributed by atoms with Gasteiger partial charge >= 0.3 is 0 Å². The Morgan fingerprint density at radius 2 is 1.88 bits per heavy atom. The first-order valence-electron chi connectivity index (χ1n) is 5.81. The van der Waals surface area contributed by atoms with Gasteiger partial charge in [0.2, 0.25) is 5.91 Å². The Balaban J connectivity index is 2.43. The number of carbonyl (C=O) groups is 1. The fourth-order valence-corrected chi connectivity index (χ4v) is 1.46. The van der Waals surface area contributed by atoms with Gasteiger partial charge in [-0.25, -0.2) is 0 Å². The zero-order valence-electron chi connectivity index (χ0n) is 10.4. The van der Waals surface area contributed by atoms with Gasteiger partial charge in [-0.3, -0.25) is 4.79 Å². The number of benzene rings is 1. The molecule has 0 unspecified atom stereocenters. The number of anilines is 2. The number of aliphatic hydroxyl groups is 1. The largest absolute Gasteiger partial charge is 0.396 e. The van der Waals surface area contributed by atoms with Crippen LogP contribution in [0.4, 0.5) is 11.4 Å². The third-order valence-corrected chi connectivity index (χ3v) is 2.48. The lowest BCUT2D eigenvalue weighted by atomic mass is 10.2. The summed E-state index contributed by atoms with van der Waals surface area (Å²) in [7, 11) is 3.95. The molecule has 0 saturated heterocycles. The van der Waals surface area contributed by atoms with Crippen molar-refractivity contribution in [3.63, 3.8) is 0 Å². The number of carbonyl (C=O) groups excluding carboxylic acids is 1. The number of hydrogen-bond donors (Lipinski definition) is 2. The molecule has 0 aliphatic carbocycles. The van der Waals surface area contributed by atoms with Gasteiger partial charge in [0.15, 0.2) is 0 Å². The summed E-state index contributed by atoms with van der Waals surface area (Å²) in [6.07, 6.45) is 1.85. The molecule has 1 amide bonds. The Kier molecular flexibility index (Phi) is 5.49. The fourth-order valence-electron chi connectivity index (χ4n) is 1.46. The molecule has 0 fully saturated rings. The second kappa shape index (κ2) is 6.91. The molecule has 0 atom stereocenters. The summed E-state index contributed by atoms with van der Waals surface area (Å²) in [6.45, 7) is 0.144. The van der Waals surface area contributed by atoms with Gasteiger partial charge in [-0.05, 0) is 37.1 Å². The highest BCUT2D eigenvalue weighted by molar-refractivity contribution is 5.90. The maximum absolute atomic E-state index is 11.5. The van der Waals surface area contributed by atoms with Gasteiger partial charge in [0, 0.05) is 38.5 Å². The Morgan fingerprint density at radius 1 is 1.24 bits per heavy atom. The van der Waals surface area contributed by atoms with Crippen LogP contribution in [-0.2, 0) is 4.79 Å². The van der Waals surface area contributed by atoms with E-state index in [1.807, 2.05) is 43.3 Å². The van der Waals surface area contributed by atoms with E-state index in [0.29, 0.717) is 12.8 Å². The Labute approximate surface area is 102 Å². The van der Waals surface area contributed by atoms with Crippen LogP contribution in [0.25, 0.3) is 0 Å². The van der Waals surface area contributed by atoms with Gasteiger partial charge in [-0.2, -0.15) is 0 Å². The molecule has 0 aromatic heterocycles. The average molecular weight is 236 g/mol. The van der Waals surface area contributed by atoms with Crippen LogP contribution in [0.5, 0.6) is 0 Å². The van der Waals surface area contributed by atoms with Gasteiger partial charge in [0.25, 0.3) is 0 Å². The first kappa shape index (κ1) is 13.5. The van der Waals surface area contributed by atoms with Crippen LogP contribution in [0.1, 0.15) is 19.3 Å². The lowest BCUT2D eigenvalue weighted by molar-refractivity contribution is -0.116. The Bertz CT molecular complexity index is 347. The smallest absolute Gasteiger partial charge is 0.224 e. The van der Waals surface area contributed by atoms with E-state index in [-0.39, 0.29) is 12.5 Å². The van der Waals surface area contributed by atoms with Crippen LogP contribution in [0.3, 0.4) is 0 Å². The van der Waals surface area contributed by atoms with Gasteiger partial charge < -0.3 is 15.3 Å². The van der Waals surface area contributed by atoms with Crippen molar-refractivity contribution in [2.45, 2.75) is 19.3 Å². The van der Waals surface area contributed by atoms with Crippen LogP contribution in [0.15, 0.2) is 24.3 Å². The van der Waals surface area contributed by atoms with E-state index in [9.17, 15) is 4.79 Å². The molecule has 94 valence electrons. The summed E-state index contributed by atoms with van der Waals surface area (Å²) in [4.78, 5) is 13.5. The molecule has 0 radical (unpaired) electrons. The molecule has 1 aromatic rings. The van der Waals surface area contributed by atoms with E-state index in [0.717, 1.165) is 17.8 Å². The fraction of sp³-hybridized carbons (Fsp3) is 0.462. The van der Waals surface area contributed by atoms with E-state index >= 15 is 0 Å².